The third-order valence-corrected chi connectivity index (χ3v) is 4.30. The lowest BCUT2D eigenvalue weighted by molar-refractivity contribution is 0.831. The highest BCUT2D eigenvalue weighted by atomic mass is 15.0. The van der Waals surface area contributed by atoms with Crippen LogP contribution in [-0.4, -0.2) is 9.55 Å². The average Bonchev–Trinajstić information content (AvgIpc) is 2.89. The molecule has 112 valence electrons. The van der Waals surface area contributed by atoms with Gasteiger partial charge in [0.05, 0.1) is 5.69 Å². The van der Waals surface area contributed by atoms with Gasteiger partial charge in [-0.05, 0) is 35.7 Å². The van der Waals surface area contributed by atoms with E-state index >= 15 is 0 Å². The van der Waals surface area contributed by atoms with Gasteiger partial charge in [-0.2, -0.15) is 0 Å². The summed E-state index contributed by atoms with van der Waals surface area (Å²) in [6, 6.07) is 25.3. The second-order valence-corrected chi connectivity index (χ2v) is 5.79. The molecule has 2 aromatic carbocycles. The highest BCUT2D eigenvalue weighted by Gasteiger charge is 2.16. The molecule has 2 heteroatoms. The molecule has 0 saturated carbocycles. The molecule has 0 N–H and O–H groups in total. The van der Waals surface area contributed by atoms with E-state index in [1.54, 1.807) is 0 Å². The van der Waals surface area contributed by atoms with Gasteiger partial charge in [0.1, 0.15) is 5.65 Å². The monoisotopic (exact) mass is 298 g/mol. The van der Waals surface area contributed by atoms with Crippen molar-refractivity contribution >= 4 is 11.0 Å². The maximum absolute atomic E-state index is 4.65. The number of hydrogen-bond donors (Lipinski definition) is 0. The molecular weight excluding hydrogens is 280 g/mol. The molecule has 0 unspecified atom stereocenters. The number of aromatic nitrogens is 2. The Labute approximate surface area is 136 Å². The first-order valence-corrected chi connectivity index (χ1v) is 7.88. The first kappa shape index (κ1) is 13.8. The summed E-state index contributed by atoms with van der Waals surface area (Å²) < 4.78 is 2.33. The molecule has 2 heterocycles. The number of aryl methyl sites for hydroxylation is 1. The van der Waals surface area contributed by atoms with Gasteiger partial charge < -0.3 is 4.57 Å². The fraction of sp³-hybridized carbons (Fsp3) is 0.0952. The van der Waals surface area contributed by atoms with Crippen LogP contribution in [0, 0.1) is 6.92 Å². The van der Waals surface area contributed by atoms with Gasteiger partial charge in [-0.25, -0.2) is 4.98 Å². The molecule has 0 aliphatic rings. The van der Waals surface area contributed by atoms with Crippen molar-refractivity contribution in [2.75, 3.05) is 0 Å². The van der Waals surface area contributed by atoms with Gasteiger partial charge in [-0.1, -0.05) is 60.7 Å². The largest absolute Gasteiger partial charge is 0.321 e. The second kappa shape index (κ2) is 5.73. The Morgan fingerprint density at radius 1 is 0.826 bits per heavy atom. The SMILES string of the molecule is Cc1c(-c2ccccc2)n(Cc2ccccc2)c2ncccc12. The quantitative estimate of drug-likeness (QED) is 0.517. The number of pyridine rings is 1. The normalized spacial score (nSPS) is 11.0. The number of hydrogen-bond acceptors (Lipinski definition) is 1. The lowest BCUT2D eigenvalue weighted by Crippen LogP contribution is -2.03. The molecule has 0 radical (unpaired) electrons. The van der Waals surface area contributed by atoms with E-state index in [4.69, 9.17) is 0 Å². The first-order valence-electron chi connectivity index (χ1n) is 7.88. The van der Waals surface area contributed by atoms with Crippen LogP contribution in [0.4, 0.5) is 0 Å². The van der Waals surface area contributed by atoms with Crippen LogP contribution in [-0.2, 0) is 6.54 Å². The van der Waals surface area contributed by atoms with Crippen molar-refractivity contribution in [2.45, 2.75) is 13.5 Å². The van der Waals surface area contributed by atoms with E-state index in [-0.39, 0.29) is 0 Å². The Bertz CT molecular complexity index is 938. The van der Waals surface area contributed by atoms with Gasteiger partial charge in [0.25, 0.3) is 0 Å². The van der Waals surface area contributed by atoms with Gasteiger partial charge in [-0.15, -0.1) is 0 Å². The van der Waals surface area contributed by atoms with Crippen molar-refractivity contribution in [3.8, 4) is 11.3 Å². The smallest absolute Gasteiger partial charge is 0.140 e. The molecule has 0 atom stereocenters. The number of nitrogens with zero attached hydrogens (tertiary/aromatic N) is 2. The van der Waals surface area contributed by atoms with Crippen molar-refractivity contribution in [3.63, 3.8) is 0 Å². The number of rotatable bonds is 3. The van der Waals surface area contributed by atoms with E-state index in [9.17, 15) is 0 Å². The van der Waals surface area contributed by atoms with Gasteiger partial charge in [0.2, 0.25) is 0 Å². The zero-order valence-electron chi connectivity index (χ0n) is 13.1. The maximum Gasteiger partial charge on any atom is 0.140 e. The summed E-state index contributed by atoms with van der Waals surface area (Å²) in [5, 5.41) is 1.22. The highest BCUT2D eigenvalue weighted by Crippen LogP contribution is 2.32. The van der Waals surface area contributed by atoms with Crippen LogP contribution in [0.1, 0.15) is 11.1 Å². The average molecular weight is 298 g/mol. The van der Waals surface area contributed by atoms with Crippen molar-refractivity contribution in [1.82, 2.24) is 9.55 Å². The molecule has 4 aromatic rings. The van der Waals surface area contributed by atoms with E-state index in [0.717, 1.165) is 12.2 Å². The zero-order chi connectivity index (χ0) is 15.6. The second-order valence-electron chi connectivity index (χ2n) is 5.79. The van der Waals surface area contributed by atoms with Crippen LogP contribution in [0.5, 0.6) is 0 Å². The van der Waals surface area contributed by atoms with Crippen LogP contribution in [0.25, 0.3) is 22.3 Å². The third kappa shape index (κ3) is 2.42. The lowest BCUT2D eigenvalue weighted by atomic mass is 10.1. The summed E-state index contributed by atoms with van der Waals surface area (Å²) >= 11 is 0. The van der Waals surface area contributed by atoms with Crippen molar-refractivity contribution < 1.29 is 0 Å². The van der Waals surface area contributed by atoms with E-state index in [2.05, 4.69) is 83.2 Å². The Morgan fingerprint density at radius 3 is 2.26 bits per heavy atom. The molecule has 23 heavy (non-hydrogen) atoms. The van der Waals surface area contributed by atoms with Crippen LogP contribution in [0.15, 0.2) is 79.0 Å². The van der Waals surface area contributed by atoms with Gasteiger partial charge in [0.15, 0.2) is 0 Å². The van der Waals surface area contributed by atoms with Crippen LogP contribution in [0.3, 0.4) is 0 Å². The summed E-state index contributed by atoms with van der Waals surface area (Å²) in [6.07, 6.45) is 1.87. The molecule has 0 amide bonds. The van der Waals surface area contributed by atoms with Crippen molar-refractivity contribution in [3.05, 3.63) is 90.1 Å². The Balaban J connectivity index is 1.97. The fourth-order valence-electron chi connectivity index (χ4n) is 3.23. The Kier molecular flexibility index (Phi) is 3.43. The van der Waals surface area contributed by atoms with Gasteiger partial charge >= 0.3 is 0 Å². The molecule has 0 saturated heterocycles. The number of fused-ring (bicyclic) bond motifs is 1. The molecule has 2 nitrogen and oxygen atoms in total. The minimum absolute atomic E-state index is 0.826. The van der Waals surface area contributed by atoms with Crippen molar-refractivity contribution in [1.29, 1.82) is 0 Å². The minimum Gasteiger partial charge on any atom is -0.321 e. The fourth-order valence-corrected chi connectivity index (χ4v) is 3.23. The highest BCUT2D eigenvalue weighted by molar-refractivity contribution is 5.89. The van der Waals surface area contributed by atoms with Crippen LogP contribution in [0.2, 0.25) is 0 Å². The molecule has 0 aliphatic carbocycles. The third-order valence-electron chi connectivity index (χ3n) is 4.30. The summed E-state index contributed by atoms with van der Waals surface area (Å²) in [5.74, 6) is 0. The van der Waals surface area contributed by atoms with E-state index in [0.29, 0.717) is 0 Å². The molecular formula is C21H18N2. The van der Waals surface area contributed by atoms with E-state index in [1.807, 2.05) is 12.3 Å². The van der Waals surface area contributed by atoms with Crippen LogP contribution >= 0.6 is 0 Å². The minimum atomic E-state index is 0.826. The van der Waals surface area contributed by atoms with E-state index in [1.165, 1.54) is 27.8 Å². The predicted octanol–water partition coefficient (Wildman–Crippen LogP) is 5.06. The molecule has 0 spiro atoms. The summed E-state index contributed by atoms with van der Waals surface area (Å²) in [5.41, 5.74) is 6.11. The molecule has 4 rings (SSSR count). The molecule has 0 bridgehead atoms. The molecule has 0 fully saturated rings. The van der Waals surface area contributed by atoms with Crippen molar-refractivity contribution in [2.24, 2.45) is 0 Å². The number of benzene rings is 2. The topological polar surface area (TPSA) is 17.8 Å². The maximum atomic E-state index is 4.65. The summed E-state index contributed by atoms with van der Waals surface area (Å²) in [6.45, 7) is 3.01. The zero-order valence-corrected chi connectivity index (χ0v) is 13.1. The van der Waals surface area contributed by atoms with Crippen LogP contribution < -0.4 is 0 Å². The summed E-state index contributed by atoms with van der Waals surface area (Å²) in [4.78, 5) is 4.65. The molecule has 2 aromatic heterocycles. The lowest BCUT2D eigenvalue weighted by Gasteiger charge is -2.11. The Morgan fingerprint density at radius 2 is 1.52 bits per heavy atom. The summed E-state index contributed by atoms with van der Waals surface area (Å²) in [7, 11) is 0. The molecule has 0 aliphatic heterocycles. The standard InChI is InChI=1S/C21H18N2/c1-16-19-13-8-14-22-21(19)23(15-17-9-4-2-5-10-17)20(16)18-11-6-3-7-12-18/h2-14H,15H2,1H3. The van der Waals surface area contributed by atoms with E-state index < -0.39 is 0 Å². The predicted molar refractivity (Wildman–Crippen MR) is 95.5 cm³/mol. The van der Waals surface area contributed by atoms with Gasteiger partial charge in [-0.3, -0.25) is 0 Å². The van der Waals surface area contributed by atoms with Gasteiger partial charge in [0, 0.05) is 18.1 Å². The first-order chi connectivity index (χ1) is 11.3. The Hall–Kier alpha value is -2.87.